The Balaban J connectivity index is 1.46. The molecule has 4 aromatic rings. The molecule has 2 atom stereocenters. The standard InChI is InChI=1S/C28H35N7O3/c1-16-10-24-22(25(32-33(24)7)23-8-9-29-27(31-23)28(5,6)37)11-21(16)26(36)35-13-17(2)34(12-18(35)3)14-20-15-38-19(4)30-20/h8-11,15,17-18,37H,12-14H2,1-7H3/t17-,18+/m0/s1. The Morgan fingerprint density at radius 1 is 1.16 bits per heavy atom. The number of oxazole rings is 1. The fourth-order valence-electron chi connectivity index (χ4n) is 5.16. The maximum absolute atomic E-state index is 13.9. The molecule has 1 fully saturated rings. The topological polar surface area (TPSA) is 113 Å². The molecule has 0 aliphatic carbocycles. The van der Waals surface area contributed by atoms with Crippen LogP contribution in [0.25, 0.3) is 22.3 Å². The molecule has 4 heterocycles. The van der Waals surface area contributed by atoms with Crippen LogP contribution in [0.5, 0.6) is 0 Å². The van der Waals surface area contributed by atoms with Crippen LogP contribution in [-0.4, -0.2) is 70.7 Å². The minimum absolute atomic E-state index is 0.00958. The third-order valence-electron chi connectivity index (χ3n) is 7.28. The maximum Gasteiger partial charge on any atom is 0.254 e. The summed E-state index contributed by atoms with van der Waals surface area (Å²) in [6.45, 7) is 13.4. The number of hydrogen-bond donors (Lipinski definition) is 1. The summed E-state index contributed by atoms with van der Waals surface area (Å²) in [6, 6.07) is 5.92. The minimum atomic E-state index is -1.18. The van der Waals surface area contributed by atoms with Gasteiger partial charge in [-0.15, -0.1) is 0 Å². The van der Waals surface area contributed by atoms with Crippen LogP contribution in [0.15, 0.2) is 35.1 Å². The quantitative estimate of drug-likeness (QED) is 0.427. The largest absolute Gasteiger partial charge is 0.449 e. The molecule has 1 aliphatic rings. The highest BCUT2D eigenvalue weighted by molar-refractivity contribution is 6.03. The zero-order valence-electron chi connectivity index (χ0n) is 23.1. The molecule has 0 saturated carbocycles. The zero-order chi connectivity index (χ0) is 27.4. The van der Waals surface area contributed by atoms with Crippen LogP contribution in [0.2, 0.25) is 0 Å². The Labute approximate surface area is 222 Å². The van der Waals surface area contributed by atoms with E-state index in [9.17, 15) is 9.90 Å². The Bertz CT molecular complexity index is 1500. The van der Waals surface area contributed by atoms with Crippen LogP contribution in [-0.2, 0) is 19.2 Å². The smallest absolute Gasteiger partial charge is 0.254 e. The number of rotatable bonds is 5. The molecule has 10 heteroatoms. The fourth-order valence-corrected chi connectivity index (χ4v) is 5.16. The summed E-state index contributed by atoms with van der Waals surface area (Å²) in [5.74, 6) is 0.988. The van der Waals surface area contributed by atoms with E-state index >= 15 is 0 Å². The number of carbonyl (C=O) groups is 1. The summed E-state index contributed by atoms with van der Waals surface area (Å²) in [5, 5.41) is 16.0. The van der Waals surface area contributed by atoms with Gasteiger partial charge in [0.25, 0.3) is 5.91 Å². The number of hydrogen-bond acceptors (Lipinski definition) is 8. The van der Waals surface area contributed by atoms with Gasteiger partial charge in [0.1, 0.15) is 17.6 Å². The molecular weight excluding hydrogens is 482 g/mol. The third kappa shape index (κ3) is 4.81. The van der Waals surface area contributed by atoms with E-state index in [-0.39, 0.29) is 18.0 Å². The first-order chi connectivity index (χ1) is 17.9. The number of carbonyl (C=O) groups excluding carboxylic acids is 1. The average molecular weight is 518 g/mol. The minimum Gasteiger partial charge on any atom is -0.449 e. The van der Waals surface area contributed by atoms with Crippen LogP contribution < -0.4 is 0 Å². The van der Waals surface area contributed by atoms with Crippen molar-refractivity contribution in [1.29, 1.82) is 0 Å². The lowest BCUT2D eigenvalue weighted by atomic mass is 10.00. The van der Waals surface area contributed by atoms with Gasteiger partial charge >= 0.3 is 0 Å². The predicted molar refractivity (Wildman–Crippen MR) is 143 cm³/mol. The van der Waals surface area contributed by atoms with Crippen molar-refractivity contribution >= 4 is 16.8 Å². The van der Waals surface area contributed by atoms with Gasteiger partial charge in [0.15, 0.2) is 11.7 Å². The Morgan fingerprint density at radius 3 is 2.61 bits per heavy atom. The van der Waals surface area contributed by atoms with Gasteiger partial charge in [-0.05, 0) is 58.4 Å². The van der Waals surface area contributed by atoms with Crippen molar-refractivity contribution in [2.75, 3.05) is 13.1 Å². The van der Waals surface area contributed by atoms with Crippen molar-refractivity contribution in [2.45, 2.75) is 65.8 Å². The first kappa shape index (κ1) is 26.0. The van der Waals surface area contributed by atoms with Gasteiger partial charge in [-0.1, -0.05) is 0 Å². The van der Waals surface area contributed by atoms with Crippen molar-refractivity contribution in [3.8, 4) is 11.4 Å². The molecule has 0 bridgehead atoms. The van der Waals surface area contributed by atoms with Gasteiger partial charge < -0.3 is 14.4 Å². The second kappa shape index (κ2) is 9.59. The van der Waals surface area contributed by atoms with Crippen LogP contribution in [0.3, 0.4) is 0 Å². The number of aromatic nitrogens is 5. The summed E-state index contributed by atoms with van der Waals surface area (Å²) < 4.78 is 7.17. The Hall–Kier alpha value is -3.63. The zero-order valence-corrected chi connectivity index (χ0v) is 23.1. The van der Waals surface area contributed by atoms with Crippen LogP contribution in [0.1, 0.15) is 61.0 Å². The molecule has 10 nitrogen and oxygen atoms in total. The Kier molecular flexibility index (Phi) is 6.56. The molecule has 0 radical (unpaired) electrons. The molecule has 5 rings (SSSR count). The summed E-state index contributed by atoms with van der Waals surface area (Å²) in [5.41, 5.74) is 3.44. The van der Waals surface area contributed by atoms with E-state index in [0.717, 1.165) is 28.7 Å². The van der Waals surface area contributed by atoms with Gasteiger partial charge in [0, 0.05) is 62.8 Å². The van der Waals surface area contributed by atoms with Crippen LogP contribution >= 0.6 is 0 Å². The summed E-state index contributed by atoms with van der Waals surface area (Å²) in [6.07, 6.45) is 3.33. The van der Waals surface area contributed by atoms with E-state index in [1.165, 1.54) is 0 Å². The predicted octanol–water partition coefficient (Wildman–Crippen LogP) is 3.60. The number of benzene rings is 1. The maximum atomic E-state index is 13.9. The molecular formula is C28H35N7O3. The molecule has 38 heavy (non-hydrogen) atoms. The van der Waals surface area contributed by atoms with Gasteiger partial charge in [-0.3, -0.25) is 14.4 Å². The highest BCUT2D eigenvalue weighted by Gasteiger charge is 2.33. The lowest BCUT2D eigenvalue weighted by Crippen LogP contribution is -2.57. The van der Waals surface area contributed by atoms with Crippen molar-refractivity contribution in [1.82, 2.24) is 34.5 Å². The average Bonchev–Trinajstić information content (AvgIpc) is 3.42. The summed E-state index contributed by atoms with van der Waals surface area (Å²) in [7, 11) is 1.88. The normalized spacial score (nSPS) is 18.9. The van der Waals surface area contributed by atoms with E-state index in [0.29, 0.717) is 41.8 Å². The molecule has 1 N–H and O–H groups in total. The number of fused-ring (bicyclic) bond motifs is 1. The summed E-state index contributed by atoms with van der Waals surface area (Å²) in [4.78, 5) is 31.5. The van der Waals surface area contributed by atoms with Gasteiger partial charge in [0.2, 0.25) is 0 Å². The molecule has 1 saturated heterocycles. The van der Waals surface area contributed by atoms with Crippen molar-refractivity contribution in [3.63, 3.8) is 0 Å². The molecule has 3 aromatic heterocycles. The lowest BCUT2D eigenvalue weighted by Gasteiger charge is -2.44. The fraction of sp³-hybridized carbons (Fsp3) is 0.464. The number of piperazine rings is 1. The third-order valence-corrected chi connectivity index (χ3v) is 7.28. The molecule has 1 aromatic carbocycles. The second-order valence-electron chi connectivity index (χ2n) is 10.9. The van der Waals surface area contributed by atoms with Crippen molar-refractivity contribution in [3.05, 3.63) is 59.2 Å². The SMILES string of the molecule is Cc1nc(CN2C[C@@H](C)N(C(=O)c3cc4c(-c5ccnc(C(C)(C)O)n5)nn(C)c4cc3C)C[C@@H]2C)co1. The van der Waals surface area contributed by atoms with Crippen molar-refractivity contribution in [2.24, 2.45) is 7.05 Å². The molecule has 1 amide bonds. The van der Waals surface area contributed by atoms with Crippen molar-refractivity contribution < 1.29 is 14.3 Å². The molecule has 0 unspecified atom stereocenters. The molecule has 0 spiro atoms. The highest BCUT2D eigenvalue weighted by atomic mass is 16.3. The lowest BCUT2D eigenvalue weighted by molar-refractivity contribution is 0.0286. The van der Waals surface area contributed by atoms with Gasteiger partial charge in [-0.2, -0.15) is 5.10 Å². The van der Waals surface area contributed by atoms with E-state index in [4.69, 9.17) is 9.52 Å². The van der Waals surface area contributed by atoms with E-state index in [2.05, 4.69) is 33.7 Å². The molecule has 1 aliphatic heterocycles. The molecule has 200 valence electrons. The van der Waals surface area contributed by atoms with Crippen LogP contribution in [0, 0.1) is 13.8 Å². The number of amides is 1. The van der Waals surface area contributed by atoms with E-state index in [1.54, 1.807) is 37.1 Å². The highest BCUT2D eigenvalue weighted by Crippen LogP contribution is 2.31. The summed E-state index contributed by atoms with van der Waals surface area (Å²) >= 11 is 0. The number of nitrogens with zero attached hydrogens (tertiary/aromatic N) is 7. The van der Waals surface area contributed by atoms with E-state index < -0.39 is 5.60 Å². The van der Waals surface area contributed by atoms with Gasteiger partial charge in [0.05, 0.1) is 16.9 Å². The van der Waals surface area contributed by atoms with Crippen LogP contribution in [0.4, 0.5) is 0 Å². The first-order valence-corrected chi connectivity index (χ1v) is 12.9. The number of aliphatic hydroxyl groups is 1. The number of aryl methyl sites for hydroxylation is 3. The Morgan fingerprint density at radius 2 is 1.92 bits per heavy atom. The second-order valence-corrected chi connectivity index (χ2v) is 10.9. The monoisotopic (exact) mass is 517 g/mol. The first-order valence-electron chi connectivity index (χ1n) is 12.9. The van der Waals surface area contributed by atoms with E-state index in [1.807, 2.05) is 37.9 Å². The van der Waals surface area contributed by atoms with Gasteiger partial charge in [-0.25, -0.2) is 15.0 Å².